The highest BCUT2D eigenvalue weighted by molar-refractivity contribution is 5.88. The lowest BCUT2D eigenvalue weighted by atomic mass is 10.0. The highest BCUT2D eigenvalue weighted by Gasteiger charge is 2.37. The molecule has 2 heterocycles. The second-order valence-corrected chi connectivity index (χ2v) is 6.93. The zero-order valence-corrected chi connectivity index (χ0v) is 18.7. The van der Waals surface area contributed by atoms with Crippen molar-refractivity contribution in [1.29, 1.82) is 0 Å². The van der Waals surface area contributed by atoms with Crippen molar-refractivity contribution >= 4 is 24.4 Å². The summed E-state index contributed by atoms with van der Waals surface area (Å²) >= 11 is 0. The van der Waals surface area contributed by atoms with Gasteiger partial charge >= 0.3 is 12.4 Å². The van der Waals surface area contributed by atoms with Gasteiger partial charge < -0.3 is 21.1 Å². The summed E-state index contributed by atoms with van der Waals surface area (Å²) in [5.74, 6) is -1.52. The molecular weight excluding hydrogens is 502 g/mol. The number of hydrogen-bond donors (Lipinski definition) is 2. The van der Waals surface area contributed by atoms with Crippen LogP contribution in [0.15, 0.2) is 30.6 Å². The molecule has 0 radical (unpaired) electrons. The normalized spacial score (nSPS) is 13.8. The SMILES string of the molecule is CC(N)=O.NC(=O)/C=C\n1cnc(-c2cc(C(F)(F)F)cc(C(F)(F)F)c2)n1.O=CN1CCOCC1. The number of primary amides is 2. The first-order valence-corrected chi connectivity index (χ1v) is 9.85. The number of ether oxygens (including phenoxy) is 1. The molecule has 3 amide bonds. The number of carbonyl (C=O) groups excluding carboxylic acids is 3. The van der Waals surface area contributed by atoms with Crippen molar-refractivity contribution in [2.45, 2.75) is 19.3 Å². The Morgan fingerprint density at radius 3 is 1.89 bits per heavy atom. The first-order chi connectivity index (χ1) is 16.6. The molecule has 1 aliphatic heterocycles. The Kier molecular flexibility index (Phi) is 11.0. The maximum atomic E-state index is 12.8. The fourth-order valence-electron chi connectivity index (χ4n) is 2.40. The summed E-state index contributed by atoms with van der Waals surface area (Å²) in [6, 6.07) is 1.02. The Bertz CT molecular complexity index is 1030. The third kappa shape index (κ3) is 11.0. The van der Waals surface area contributed by atoms with Gasteiger partial charge in [-0.2, -0.15) is 26.3 Å². The van der Waals surface area contributed by atoms with Gasteiger partial charge in [-0.25, -0.2) is 9.67 Å². The van der Waals surface area contributed by atoms with Crippen LogP contribution in [-0.4, -0.2) is 64.2 Å². The summed E-state index contributed by atoms with van der Waals surface area (Å²) in [5.41, 5.74) is 5.91. The van der Waals surface area contributed by atoms with Crippen molar-refractivity contribution in [2.24, 2.45) is 11.5 Å². The summed E-state index contributed by atoms with van der Waals surface area (Å²) in [5, 5.41) is 3.68. The molecule has 3 rings (SSSR count). The lowest BCUT2D eigenvalue weighted by Gasteiger charge is -2.21. The number of rotatable bonds is 4. The van der Waals surface area contributed by atoms with Crippen molar-refractivity contribution in [3.05, 3.63) is 41.7 Å². The van der Waals surface area contributed by atoms with Crippen LogP contribution in [0.5, 0.6) is 0 Å². The van der Waals surface area contributed by atoms with Crippen molar-refractivity contribution < 1.29 is 45.5 Å². The highest BCUT2D eigenvalue weighted by Crippen LogP contribution is 2.38. The molecule has 1 aliphatic rings. The van der Waals surface area contributed by atoms with Crippen LogP contribution in [0.1, 0.15) is 18.1 Å². The number of morpholine rings is 1. The Hall–Kier alpha value is -3.95. The van der Waals surface area contributed by atoms with Crippen LogP contribution in [0.3, 0.4) is 0 Å². The molecule has 0 atom stereocenters. The number of aromatic nitrogens is 3. The molecular formula is C20H22F6N6O4. The summed E-state index contributed by atoms with van der Waals surface area (Å²) in [6.45, 7) is 4.20. The predicted molar refractivity (Wildman–Crippen MR) is 113 cm³/mol. The molecule has 1 fully saturated rings. The van der Waals surface area contributed by atoms with Crippen LogP contribution < -0.4 is 11.5 Å². The molecule has 0 unspecified atom stereocenters. The van der Waals surface area contributed by atoms with E-state index in [-0.39, 0.29) is 17.8 Å². The second kappa shape index (κ2) is 13.2. The van der Waals surface area contributed by atoms with E-state index in [1.165, 1.54) is 6.92 Å². The van der Waals surface area contributed by atoms with Crippen molar-refractivity contribution in [3.8, 4) is 11.4 Å². The van der Waals surface area contributed by atoms with Crippen LogP contribution in [0, 0.1) is 0 Å². The number of nitrogens with zero attached hydrogens (tertiary/aromatic N) is 4. The number of nitrogens with two attached hydrogens (primary N) is 2. The van der Waals surface area contributed by atoms with E-state index >= 15 is 0 Å². The van der Waals surface area contributed by atoms with E-state index in [1.54, 1.807) is 4.90 Å². The molecule has 198 valence electrons. The molecule has 0 aliphatic carbocycles. The van der Waals surface area contributed by atoms with E-state index in [1.807, 2.05) is 0 Å². The van der Waals surface area contributed by atoms with Gasteiger partial charge in [0.05, 0.1) is 24.3 Å². The van der Waals surface area contributed by atoms with Gasteiger partial charge in [0.25, 0.3) is 0 Å². The van der Waals surface area contributed by atoms with Gasteiger partial charge in [-0.15, -0.1) is 5.10 Å². The van der Waals surface area contributed by atoms with Crippen LogP contribution in [0.25, 0.3) is 17.6 Å². The minimum absolute atomic E-state index is 0.00743. The van der Waals surface area contributed by atoms with Gasteiger partial charge in [0.15, 0.2) is 5.82 Å². The molecule has 1 aromatic heterocycles. The Labute approximate surface area is 200 Å². The molecule has 4 N–H and O–H groups in total. The van der Waals surface area contributed by atoms with Crippen LogP contribution in [-0.2, 0) is 31.5 Å². The molecule has 0 bridgehead atoms. The summed E-state index contributed by atoms with van der Waals surface area (Å²) < 4.78 is 82.7. The fraction of sp³-hybridized carbons (Fsp3) is 0.350. The molecule has 1 aromatic carbocycles. The van der Waals surface area contributed by atoms with Crippen molar-refractivity contribution in [3.63, 3.8) is 0 Å². The Balaban J connectivity index is 0.000000443. The van der Waals surface area contributed by atoms with E-state index < -0.39 is 35.0 Å². The average molecular weight is 524 g/mol. The van der Waals surface area contributed by atoms with E-state index in [2.05, 4.69) is 15.8 Å². The molecule has 10 nitrogen and oxygen atoms in total. The van der Waals surface area contributed by atoms with Crippen LogP contribution >= 0.6 is 0 Å². The van der Waals surface area contributed by atoms with E-state index in [9.17, 15) is 40.7 Å². The fourth-order valence-corrected chi connectivity index (χ4v) is 2.40. The standard InChI is InChI=1S/C13H8F6N4O.C5H9NO2.C2H5NO/c14-12(15,16)8-3-7(4-9(5-8)13(17,18)19)11-21-6-23(22-11)2-1-10(20)24;7-5-6-1-3-8-4-2-6;1-2(3)4/h1-6H,(H2,20,24);5H,1-4H2;1H3,(H2,3,4)/b2-1-;;. The largest absolute Gasteiger partial charge is 0.416 e. The van der Waals surface area contributed by atoms with Crippen LogP contribution in [0.2, 0.25) is 0 Å². The molecule has 2 aromatic rings. The van der Waals surface area contributed by atoms with Crippen molar-refractivity contribution in [2.75, 3.05) is 26.3 Å². The minimum Gasteiger partial charge on any atom is -0.378 e. The summed E-state index contributed by atoms with van der Waals surface area (Å²) in [4.78, 5) is 35.2. The maximum Gasteiger partial charge on any atom is 0.416 e. The number of benzene rings is 1. The lowest BCUT2D eigenvalue weighted by molar-refractivity contribution is -0.143. The van der Waals surface area contributed by atoms with Gasteiger partial charge in [-0.05, 0) is 18.2 Å². The Morgan fingerprint density at radius 1 is 1.00 bits per heavy atom. The third-order valence-electron chi connectivity index (χ3n) is 3.94. The quantitative estimate of drug-likeness (QED) is 0.355. The van der Waals surface area contributed by atoms with Gasteiger partial charge in [0.1, 0.15) is 6.33 Å². The van der Waals surface area contributed by atoms with Gasteiger partial charge in [0, 0.05) is 37.9 Å². The first kappa shape index (κ1) is 30.1. The molecule has 16 heteroatoms. The molecule has 36 heavy (non-hydrogen) atoms. The molecule has 0 saturated carbocycles. The number of alkyl halides is 6. The third-order valence-corrected chi connectivity index (χ3v) is 3.94. The number of hydrogen-bond acceptors (Lipinski definition) is 6. The van der Waals surface area contributed by atoms with Gasteiger partial charge in [-0.1, -0.05) is 0 Å². The molecule has 0 spiro atoms. The highest BCUT2D eigenvalue weighted by atomic mass is 19.4. The number of carbonyl (C=O) groups is 3. The van der Waals surface area contributed by atoms with E-state index in [0.29, 0.717) is 25.3 Å². The zero-order valence-electron chi connectivity index (χ0n) is 18.7. The molecule has 1 saturated heterocycles. The van der Waals surface area contributed by atoms with E-state index in [4.69, 9.17) is 10.5 Å². The van der Waals surface area contributed by atoms with Crippen molar-refractivity contribution in [1.82, 2.24) is 19.7 Å². The topological polar surface area (TPSA) is 146 Å². The monoisotopic (exact) mass is 524 g/mol. The minimum atomic E-state index is -4.97. The van der Waals surface area contributed by atoms with Gasteiger partial charge in [0.2, 0.25) is 18.2 Å². The maximum absolute atomic E-state index is 12.8. The number of halogens is 6. The summed E-state index contributed by atoms with van der Waals surface area (Å²) in [6.07, 6.45) is -6.12. The van der Waals surface area contributed by atoms with Crippen LogP contribution in [0.4, 0.5) is 26.3 Å². The second-order valence-electron chi connectivity index (χ2n) is 6.93. The summed E-state index contributed by atoms with van der Waals surface area (Å²) in [7, 11) is 0. The average Bonchev–Trinajstić information content (AvgIpc) is 3.26. The van der Waals surface area contributed by atoms with E-state index in [0.717, 1.165) is 42.8 Å². The smallest absolute Gasteiger partial charge is 0.378 e. The predicted octanol–water partition coefficient (Wildman–Crippen LogP) is 1.91. The lowest BCUT2D eigenvalue weighted by Crippen LogP contribution is -2.34. The zero-order chi connectivity index (χ0) is 27.5. The Morgan fingerprint density at radius 2 is 1.50 bits per heavy atom. The van der Waals surface area contributed by atoms with Gasteiger partial charge in [-0.3, -0.25) is 14.4 Å². The first-order valence-electron chi connectivity index (χ1n) is 9.85. The number of amides is 3.